The summed E-state index contributed by atoms with van der Waals surface area (Å²) in [6.45, 7) is 6.15. The lowest BCUT2D eigenvalue weighted by Crippen LogP contribution is -2.41. The Morgan fingerprint density at radius 2 is 1.32 bits per heavy atom. The number of rotatable bonds is 18. The van der Waals surface area contributed by atoms with Gasteiger partial charge >= 0.3 is 5.97 Å². The number of amides is 1. The van der Waals surface area contributed by atoms with E-state index in [9.17, 15) is 9.59 Å². The van der Waals surface area contributed by atoms with Crippen molar-refractivity contribution in [2.24, 2.45) is 5.92 Å². The average molecular weight is 394 g/mol. The third-order valence-electron chi connectivity index (χ3n) is 4.69. The minimum absolute atomic E-state index is 0.220. The van der Waals surface area contributed by atoms with Crippen molar-refractivity contribution >= 4 is 11.9 Å². The summed E-state index contributed by atoms with van der Waals surface area (Å²) in [6, 6.07) is -0.788. The normalized spacial score (nSPS) is 12.9. The first-order chi connectivity index (χ1) is 13.5. The molecule has 1 atom stereocenters. The molecule has 1 amide bonds. The maximum absolute atomic E-state index is 11.8. The van der Waals surface area contributed by atoms with Crippen LogP contribution in [0.5, 0.6) is 0 Å². The van der Waals surface area contributed by atoms with Gasteiger partial charge in [0.25, 0.3) is 0 Å². The summed E-state index contributed by atoms with van der Waals surface area (Å²) in [4.78, 5) is 23.0. The highest BCUT2D eigenvalue weighted by molar-refractivity contribution is 5.84. The van der Waals surface area contributed by atoms with Crippen molar-refractivity contribution in [1.82, 2.24) is 5.32 Å². The monoisotopic (exact) mass is 393 g/mol. The summed E-state index contributed by atoms with van der Waals surface area (Å²) >= 11 is 0. The molecule has 0 aliphatic heterocycles. The Morgan fingerprint density at radius 1 is 0.821 bits per heavy atom. The minimum Gasteiger partial charge on any atom is -0.480 e. The highest BCUT2D eigenvalue weighted by Crippen LogP contribution is 2.08. The lowest BCUT2D eigenvalue weighted by atomic mass is 10.0. The number of carbonyl (C=O) groups is 2. The van der Waals surface area contributed by atoms with Crippen LogP contribution in [-0.4, -0.2) is 23.0 Å². The van der Waals surface area contributed by atoms with E-state index in [1.807, 2.05) is 26.0 Å². The SMILES string of the molecule is CCCCCCCC/C=C\CCCC/C=C/CC(=O)NC(CC(C)C)C(=O)O. The van der Waals surface area contributed by atoms with Crippen molar-refractivity contribution < 1.29 is 14.7 Å². The summed E-state index contributed by atoms with van der Waals surface area (Å²) in [5, 5.41) is 11.7. The number of nitrogens with one attached hydrogen (secondary N) is 1. The second-order valence-corrected chi connectivity index (χ2v) is 8.08. The molecule has 4 heteroatoms. The lowest BCUT2D eigenvalue weighted by molar-refractivity contribution is -0.142. The van der Waals surface area contributed by atoms with Crippen LogP contribution in [0.4, 0.5) is 0 Å². The minimum atomic E-state index is -0.962. The van der Waals surface area contributed by atoms with E-state index in [-0.39, 0.29) is 18.2 Å². The Morgan fingerprint density at radius 3 is 1.86 bits per heavy atom. The Bertz CT molecular complexity index is 455. The largest absolute Gasteiger partial charge is 0.480 e. The highest BCUT2D eigenvalue weighted by atomic mass is 16.4. The van der Waals surface area contributed by atoms with Crippen molar-refractivity contribution in [3.63, 3.8) is 0 Å². The number of carboxylic acid groups (broad SMARTS) is 1. The summed E-state index contributed by atoms with van der Waals surface area (Å²) in [7, 11) is 0. The number of hydrogen-bond donors (Lipinski definition) is 2. The zero-order valence-electron chi connectivity index (χ0n) is 18.4. The maximum Gasteiger partial charge on any atom is 0.326 e. The molecule has 0 spiro atoms. The van der Waals surface area contributed by atoms with Crippen LogP contribution in [0.3, 0.4) is 0 Å². The molecule has 0 aromatic carbocycles. The molecule has 4 nitrogen and oxygen atoms in total. The molecular formula is C24H43NO3. The van der Waals surface area contributed by atoms with Gasteiger partial charge in [-0.05, 0) is 50.9 Å². The fourth-order valence-electron chi connectivity index (χ4n) is 3.06. The number of carbonyl (C=O) groups excluding carboxylic acids is 1. The van der Waals surface area contributed by atoms with E-state index in [1.54, 1.807) is 0 Å². The van der Waals surface area contributed by atoms with E-state index in [2.05, 4.69) is 24.4 Å². The van der Waals surface area contributed by atoms with Gasteiger partial charge < -0.3 is 10.4 Å². The summed E-state index contributed by atoms with van der Waals surface area (Å²) in [6.07, 6.45) is 22.9. The van der Waals surface area contributed by atoms with Gasteiger partial charge in [0.1, 0.15) is 6.04 Å². The molecule has 162 valence electrons. The van der Waals surface area contributed by atoms with Crippen LogP contribution < -0.4 is 5.32 Å². The standard InChI is InChI=1S/C24H43NO3/c1-4-5-6-7-8-9-10-11-12-13-14-15-16-17-18-19-23(26)25-22(24(27)28)20-21(2)3/h11-12,17-18,21-22H,4-10,13-16,19-20H2,1-3H3,(H,25,26)(H,27,28)/b12-11-,18-17+. The number of aliphatic carboxylic acids is 1. The molecule has 0 fully saturated rings. The molecule has 1 unspecified atom stereocenters. The average Bonchev–Trinajstić information content (AvgIpc) is 2.64. The molecule has 0 saturated heterocycles. The van der Waals surface area contributed by atoms with Gasteiger partial charge in [-0.15, -0.1) is 0 Å². The second kappa shape index (κ2) is 18.8. The van der Waals surface area contributed by atoms with Crippen molar-refractivity contribution in [1.29, 1.82) is 0 Å². The number of allylic oxidation sites excluding steroid dienone is 3. The Kier molecular flexibility index (Phi) is 17.7. The molecule has 0 aromatic rings. The van der Waals surface area contributed by atoms with Crippen LogP contribution in [0.2, 0.25) is 0 Å². The smallest absolute Gasteiger partial charge is 0.326 e. The number of carboxylic acids is 1. The van der Waals surface area contributed by atoms with E-state index < -0.39 is 12.0 Å². The van der Waals surface area contributed by atoms with Crippen molar-refractivity contribution in [2.45, 2.75) is 110 Å². The lowest BCUT2D eigenvalue weighted by Gasteiger charge is -2.15. The van der Waals surface area contributed by atoms with E-state index >= 15 is 0 Å². The van der Waals surface area contributed by atoms with Crippen LogP contribution >= 0.6 is 0 Å². The van der Waals surface area contributed by atoms with E-state index in [0.717, 1.165) is 19.3 Å². The Hall–Kier alpha value is -1.58. The molecule has 0 radical (unpaired) electrons. The van der Waals surface area contributed by atoms with Gasteiger partial charge in [-0.25, -0.2) is 4.79 Å². The Balaban J connectivity index is 3.62. The Labute approximate surface area is 172 Å². The van der Waals surface area contributed by atoms with Crippen molar-refractivity contribution in [3.05, 3.63) is 24.3 Å². The third-order valence-corrected chi connectivity index (χ3v) is 4.69. The van der Waals surface area contributed by atoms with Crippen LogP contribution in [0.25, 0.3) is 0 Å². The first kappa shape index (κ1) is 26.4. The molecule has 0 aromatic heterocycles. The van der Waals surface area contributed by atoms with Crippen LogP contribution in [0, 0.1) is 5.92 Å². The molecule has 0 heterocycles. The van der Waals surface area contributed by atoms with Crippen LogP contribution in [-0.2, 0) is 9.59 Å². The van der Waals surface area contributed by atoms with E-state index in [0.29, 0.717) is 6.42 Å². The molecule has 0 saturated carbocycles. The molecule has 0 bridgehead atoms. The fourth-order valence-corrected chi connectivity index (χ4v) is 3.06. The molecule has 2 N–H and O–H groups in total. The topological polar surface area (TPSA) is 66.4 Å². The third kappa shape index (κ3) is 17.8. The van der Waals surface area contributed by atoms with Gasteiger partial charge in [-0.2, -0.15) is 0 Å². The summed E-state index contributed by atoms with van der Waals surface area (Å²) < 4.78 is 0. The molecule has 28 heavy (non-hydrogen) atoms. The quantitative estimate of drug-likeness (QED) is 0.209. The van der Waals surface area contributed by atoms with Gasteiger partial charge in [0.2, 0.25) is 5.91 Å². The van der Waals surface area contributed by atoms with E-state index in [1.165, 1.54) is 51.4 Å². The molecule has 0 aliphatic rings. The molecule has 0 aliphatic carbocycles. The number of unbranched alkanes of at least 4 members (excludes halogenated alkanes) is 9. The zero-order valence-corrected chi connectivity index (χ0v) is 18.4. The number of hydrogen-bond acceptors (Lipinski definition) is 2. The highest BCUT2D eigenvalue weighted by Gasteiger charge is 2.20. The van der Waals surface area contributed by atoms with Gasteiger partial charge in [-0.3, -0.25) is 4.79 Å². The van der Waals surface area contributed by atoms with Crippen LogP contribution in [0.15, 0.2) is 24.3 Å². The predicted octanol–water partition coefficient (Wildman–Crippen LogP) is 6.42. The van der Waals surface area contributed by atoms with Crippen molar-refractivity contribution in [2.75, 3.05) is 0 Å². The molecule has 0 rings (SSSR count). The van der Waals surface area contributed by atoms with Crippen LogP contribution in [0.1, 0.15) is 104 Å². The maximum atomic E-state index is 11.8. The molecular weight excluding hydrogens is 350 g/mol. The summed E-state index contributed by atoms with van der Waals surface area (Å²) in [5.74, 6) is -0.950. The van der Waals surface area contributed by atoms with E-state index in [4.69, 9.17) is 5.11 Å². The van der Waals surface area contributed by atoms with Gasteiger partial charge in [0, 0.05) is 6.42 Å². The zero-order chi connectivity index (χ0) is 21.0. The first-order valence-electron chi connectivity index (χ1n) is 11.3. The predicted molar refractivity (Wildman–Crippen MR) is 118 cm³/mol. The van der Waals surface area contributed by atoms with Gasteiger partial charge in [0.15, 0.2) is 0 Å². The van der Waals surface area contributed by atoms with Gasteiger partial charge in [0.05, 0.1) is 0 Å². The first-order valence-corrected chi connectivity index (χ1v) is 11.3. The van der Waals surface area contributed by atoms with Crippen molar-refractivity contribution in [3.8, 4) is 0 Å². The fraction of sp³-hybridized carbons (Fsp3) is 0.750. The van der Waals surface area contributed by atoms with Gasteiger partial charge in [-0.1, -0.05) is 77.2 Å². The summed E-state index contributed by atoms with van der Waals surface area (Å²) in [5.41, 5.74) is 0. The second-order valence-electron chi connectivity index (χ2n) is 8.08.